The standard InChI is InChI=1S/C12H16N2OS/c1-8-10(13)7-11(16-8)12(15)14-9-5-3-2-4-6-9/h2-3,7,9H,4-6,13H2,1H3,(H,14,15). The van der Waals surface area contributed by atoms with Crippen molar-refractivity contribution in [2.24, 2.45) is 0 Å². The molecule has 2 rings (SSSR count). The molecule has 1 unspecified atom stereocenters. The van der Waals surface area contributed by atoms with Gasteiger partial charge in [-0.1, -0.05) is 12.2 Å². The Kier molecular flexibility index (Phi) is 3.29. The fraction of sp³-hybridized carbons (Fsp3) is 0.417. The molecule has 1 atom stereocenters. The molecule has 1 aliphatic rings. The Balaban J connectivity index is 1.99. The van der Waals surface area contributed by atoms with Crippen LogP contribution in [0.4, 0.5) is 5.69 Å². The van der Waals surface area contributed by atoms with Crippen molar-refractivity contribution in [1.29, 1.82) is 0 Å². The number of nitrogens with two attached hydrogens (primary N) is 1. The van der Waals surface area contributed by atoms with Crippen LogP contribution in [0.2, 0.25) is 0 Å². The summed E-state index contributed by atoms with van der Waals surface area (Å²) in [5.74, 6) is 0.00472. The highest BCUT2D eigenvalue weighted by Crippen LogP contribution is 2.23. The Morgan fingerprint density at radius 3 is 2.94 bits per heavy atom. The van der Waals surface area contributed by atoms with Crippen LogP contribution in [0.5, 0.6) is 0 Å². The van der Waals surface area contributed by atoms with Crippen LogP contribution >= 0.6 is 11.3 Å². The molecule has 0 radical (unpaired) electrons. The van der Waals surface area contributed by atoms with Gasteiger partial charge in [-0.2, -0.15) is 0 Å². The van der Waals surface area contributed by atoms with Crippen LogP contribution < -0.4 is 11.1 Å². The van der Waals surface area contributed by atoms with E-state index in [1.54, 1.807) is 6.07 Å². The molecule has 0 saturated heterocycles. The van der Waals surface area contributed by atoms with Crippen molar-refractivity contribution in [3.8, 4) is 0 Å². The summed E-state index contributed by atoms with van der Waals surface area (Å²) >= 11 is 1.46. The first-order valence-corrected chi connectivity index (χ1v) is 6.30. The molecule has 3 N–H and O–H groups in total. The van der Waals surface area contributed by atoms with Gasteiger partial charge in [0.2, 0.25) is 0 Å². The molecule has 0 fully saturated rings. The van der Waals surface area contributed by atoms with E-state index in [4.69, 9.17) is 5.73 Å². The van der Waals surface area contributed by atoms with Crippen molar-refractivity contribution in [2.45, 2.75) is 32.2 Å². The number of anilines is 1. The van der Waals surface area contributed by atoms with Crippen LogP contribution in [0.25, 0.3) is 0 Å². The predicted molar refractivity (Wildman–Crippen MR) is 67.7 cm³/mol. The lowest BCUT2D eigenvalue weighted by atomic mass is 10.0. The number of aryl methyl sites for hydroxylation is 1. The number of allylic oxidation sites excluding steroid dienone is 1. The summed E-state index contributed by atoms with van der Waals surface area (Å²) in [6.45, 7) is 1.93. The summed E-state index contributed by atoms with van der Waals surface area (Å²) in [4.78, 5) is 13.6. The van der Waals surface area contributed by atoms with E-state index in [1.165, 1.54) is 11.3 Å². The molecule has 4 heteroatoms. The topological polar surface area (TPSA) is 55.1 Å². The lowest BCUT2D eigenvalue weighted by Crippen LogP contribution is -2.34. The smallest absolute Gasteiger partial charge is 0.261 e. The SMILES string of the molecule is Cc1sc(C(=O)NC2CC=CCC2)cc1N. The average molecular weight is 236 g/mol. The van der Waals surface area contributed by atoms with Crippen molar-refractivity contribution >= 4 is 22.9 Å². The van der Waals surface area contributed by atoms with E-state index in [9.17, 15) is 4.79 Å². The molecule has 1 aliphatic carbocycles. The Morgan fingerprint density at radius 2 is 2.38 bits per heavy atom. The molecule has 0 aliphatic heterocycles. The van der Waals surface area contributed by atoms with Gasteiger partial charge in [-0.25, -0.2) is 0 Å². The molecule has 0 saturated carbocycles. The highest BCUT2D eigenvalue weighted by Gasteiger charge is 2.16. The monoisotopic (exact) mass is 236 g/mol. The van der Waals surface area contributed by atoms with E-state index in [0.29, 0.717) is 10.6 Å². The molecule has 1 aromatic rings. The third-order valence-electron chi connectivity index (χ3n) is 2.78. The van der Waals surface area contributed by atoms with E-state index in [-0.39, 0.29) is 11.9 Å². The van der Waals surface area contributed by atoms with Crippen LogP contribution in [-0.4, -0.2) is 11.9 Å². The van der Waals surface area contributed by atoms with Gasteiger partial charge in [-0.05, 0) is 32.3 Å². The van der Waals surface area contributed by atoms with Crippen LogP contribution in [-0.2, 0) is 0 Å². The lowest BCUT2D eigenvalue weighted by molar-refractivity contribution is 0.0939. The molecular formula is C12H16N2OS. The quantitative estimate of drug-likeness (QED) is 0.775. The molecule has 0 bridgehead atoms. The molecule has 16 heavy (non-hydrogen) atoms. The molecule has 3 nitrogen and oxygen atoms in total. The Bertz CT molecular complexity index is 403. The van der Waals surface area contributed by atoms with Crippen LogP contribution in [0.1, 0.15) is 33.8 Å². The number of hydrogen-bond donors (Lipinski definition) is 2. The minimum Gasteiger partial charge on any atom is -0.398 e. The van der Waals surface area contributed by atoms with E-state index in [2.05, 4.69) is 17.5 Å². The fourth-order valence-electron chi connectivity index (χ4n) is 1.79. The maximum absolute atomic E-state index is 11.9. The lowest BCUT2D eigenvalue weighted by Gasteiger charge is -2.18. The largest absolute Gasteiger partial charge is 0.398 e. The second kappa shape index (κ2) is 4.70. The molecule has 1 heterocycles. The number of hydrogen-bond acceptors (Lipinski definition) is 3. The Labute approximate surface area is 99.3 Å². The first-order valence-electron chi connectivity index (χ1n) is 5.48. The Hall–Kier alpha value is -1.29. The maximum atomic E-state index is 11.9. The predicted octanol–water partition coefficient (Wildman–Crippen LogP) is 2.48. The van der Waals surface area contributed by atoms with Crippen molar-refractivity contribution < 1.29 is 4.79 Å². The summed E-state index contributed by atoms with van der Waals surface area (Å²) in [5, 5.41) is 3.04. The van der Waals surface area contributed by atoms with Crippen molar-refractivity contribution in [1.82, 2.24) is 5.32 Å². The first-order chi connectivity index (χ1) is 7.66. The zero-order valence-electron chi connectivity index (χ0n) is 9.32. The van der Waals surface area contributed by atoms with Crippen molar-refractivity contribution in [3.63, 3.8) is 0 Å². The Morgan fingerprint density at radius 1 is 1.56 bits per heavy atom. The van der Waals surface area contributed by atoms with E-state index >= 15 is 0 Å². The average Bonchev–Trinajstić information content (AvgIpc) is 2.61. The first kappa shape index (κ1) is 11.2. The fourth-order valence-corrected chi connectivity index (χ4v) is 2.63. The summed E-state index contributed by atoms with van der Waals surface area (Å²) in [7, 11) is 0. The van der Waals surface area contributed by atoms with Crippen molar-refractivity contribution in [3.05, 3.63) is 28.0 Å². The highest BCUT2D eigenvalue weighted by molar-refractivity contribution is 7.14. The van der Waals surface area contributed by atoms with Crippen LogP contribution in [0, 0.1) is 6.92 Å². The molecular weight excluding hydrogens is 220 g/mol. The molecule has 1 amide bonds. The zero-order chi connectivity index (χ0) is 11.5. The van der Waals surface area contributed by atoms with Gasteiger partial charge < -0.3 is 11.1 Å². The number of carbonyl (C=O) groups excluding carboxylic acids is 1. The minimum absolute atomic E-state index is 0.00472. The van der Waals surface area contributed by atoms with E-state index in [0.717, 1.165) is 24.1 Å². The van der Waals surface area contributed by atoms with Gasteiger partial charge in [0.15, 0.2) is 0 Å². The van der Waals surface area contributed by atoms with Gasteiger partial charge >= 0.3 is 0 Å². The third kappa shape index (κ3) is 2.44. The van der Waals surface area contributed by atoms with Gasteiger partial charge in [-0.3, -0.25) is 4.79 Å². The van der Waals surface area contributed by atoms with Gasteiger partial charge in [0.1, 0.15) is 0 Å². The number of thiophene rings is 1. The number of rotatable bonds is 2. The summed E-state index contributed by atoms with van der Waals surface area (Å²) in [6, 6.07) is 2.04. The summed E-state index contributed by atoms with van der Waals surface area (Å²) in [6.07, 6.45) is 7.31. The van der Waals surface area contributed by atoms with Gasteiger partial charge in [0.05, 0.1) is 4.88 Å². The van der Waals surface area contributed by atoms with Gasteiger partial charge in [0, 0.05) is 16.6 Å². The van der Waals surface area contributed by atoms with Gasteiger partial charge in [0.25, 0.3) is 5.91 Å². The second-order valence-electron chi connectivity index (χ2n) is 4.08. The van der Waals surface area contributed by atoms with Crippen LogP contribution in [0.15, 0.2) is 18.2 Å². The number of carbonyl (C=O) groups is 1. The van der Waals surface area contributed by atoms with E-state index < -0.39 is 0 Å². The number of nitrogen functional groups attached to an aromatic ring is 1. The van der Waals surface area contributed by atoms with Crippen molar-refractivity contribution in [2.75, 3.05) is 5.73 Å². The summed E-state index contributed by atoms with van der Waals surface area (Å²) < 4.78 is 0. The normalized spacial score (nSPS) is 19.7. The summed E-state index contributed by atoms with van der Waals surface area (Å²) in [5.41, 5.74) is 6.44. The number of nitrogens with one attached hydrogen (secondary N) is 1. The molecule has 86 valence electrons. The zero-order valence-corrected chi connectivity index (χ0v) is 10.1. The maximum Gasteiger partial charge on any atom is 0.261 e. The van der Waals surface area contributed by atoms with Gasteiger partial charge in [-0.15, -0.1) is 11.3 Å². The van der Waals surface area contributed by atoms with E-state index in [1.807, 2.05) is 6.92 Å². The molecule has 1 aromatic heterocycles. The van der Waals surface area contributed by atoms with Crippen LogP contribution in [0.3, 0.4) is 0 Å². The highest BCUT2D eigenvalue weighted by atomic mass is 32.1. The third-order valence-corrected chi connectivity index (χ3v) is 3.85. The molecule has 0 aromatic carbocycles. The molecule has 0 spiro atoms. The minimum atomic E-state index is 0.00472. The number of amides is 1. The second-order valence-corrected chi connectivity index (χ2v) is 5.33.